The molecule has 11 heavy (non-hydrogen) atoms. The third-order valence-corrected chi connectivity index (χ3v) is 1.56. The molecule has 0 saturated heterocycles. The Bertz CT molecular complexity index is 151. The van der Waals surface area contributed by atoms with Crippen LogP contribution in [0.2, 0.25) is 0 Å². The summed E-state index contributed by atoms with van der Waals surface area (Å²) in [7, 11) is 1.70. The van der Waals surface area contributed by atoms with Crippen molar-refractivity contribution in [2.24, 2.45) is 4.99 Å². The van der Waals surface area contributed by atoms with Crippen molar-refractivity contribution >= 4 is 6.34 Å². The Morgan fingerprint density at radius 1 is 1.64 bits per heavy atom. The van der Waals surface area contributed by atoms with Gasteiger partial charge >= 0.3 is 0 Å². The van der Waals surface area contributed by atoms with Crippen molar-refractivity contribution in [2.45, 2.75) is 13.0 Å². The molecule has 0 radical (unpaired) electrons. The van der Waals surface area contributed by atoms with Crippen molar-refractivity contribution in [1.82, 2.24) is 4.90 Å². The van der Waals surface area contributed by atoms with Gasteiger partial charge in [0.2, 0.25) is 0 Å². The maximum atomic E-state index is 4.93. The summed E-state index contributed by atoms with van der Waals surface area (Å²) in [6, 6.07) is 0.328. The first kappa shape index (κ1) is 8.27. The van der Waals surface area contributed by atoms with Gasteiger partial charge in [-0.05, 0) is 13.0 Å². The fourth-order valence-electron chi connectivity index (χ4n) is 0.843. The normalized spacial score (nSPS) is 22.7. The third-order valence-electron chi connectivity index (χ3n) is 1.56. The molecule has 62 valence electrons. The molecule has 0 bridgehead atoms. The maximum Gasteiger partial charge on any atom is 0.0897 e. The molecule has 0 N–H and O–H groups in total. The van der Waals surface area contributed by atoms with E-state index in [4.69, 9.17) is 4.74 Å². The Kier molecular flexibility index (Phi) is 3.11. The van der Waals surface area contributed by atoms with Gasteiger partial charge in [-0.3, -0.25) is 4.99 Å². The predicted octanol–water partition coefficient (Wildman–Crippen LogP) is 0.879. The first-order chi connectivity index (χ1) is 5.33. The molecule has 1 aliphatic heterocycles. The summed E-state index contributed by atoms with van der Waals surface area (Å²) < 4.78 is 4.93. The lowest BCUT2D eigenvalue weighted by atomic mass is 10.3. The fourth-order valence-corrected chi connectivity index (χ4v) is 0.843. The second kappa shape index (κ2) is 4.13. The Hall–Kier alpha value is -0.830. The summed E-state index contributed by atoms with van der Waals surface area (Å²) in [4.78, 5) is 6.24. The van der Waals surface area contributed by atoms with Crippen molar-refractivity contribution in [3.63, 3.8) is 0 Å². The summed E-state index contributed by atoms with van der Waals surface area (Å²) >= 11 is 0. The van der Waals surface area contributed by atoms with Crippen LogP contribution in [0.15, 0.2) is 17.3 Å². The lowest BCUT2D eigenvalue weighted by Crippen LogP contribution is -2.23. The molecule has 0 amide bonds. The van der Waals surface area contributed by atoms with Gasteiger partial charge in [0.1, 0.15) is 0 Å². The molecule has 0 fully saturated rings. The van der Waals surface area contributed by atoms with E-state index in [2.05, 4.69) is 18.0 Å². The number of hydrogen-bond donors (Lipinski definition) is 0. The maximum absolute atomic E-state index is 4.93. The van der Waals surface area contributed by atoms with E-state index in [1.54, 1.807) is 7.11 Å². The van der Waals surface area contributed by atoms with Crippen LogP contribution in [0.25, 0.3) is 0 Å². The highest BCUT2D eigenvalue weighted by Crippen LogP contribution is 1.99. The molecule has 0 saturated carbocycles. The van der Waals surface area contributed by atoms with Crippen molar-refractivity contribution in [2.75, 3.05) is 20.3 Å². The molecular formula is C8H14N2O. The van der Waals surface area contributed by atoms with E-state index >= 15 is 0 Å². The zero-order valence-corrected chi connectivity index (χ0v) is 7.03. The van der Waals surface area contributed by atoms with Crippen LogP contribution in [0, 0.1) is 0 Å². The number of ether oxygens (including phenoxy) is 1. The molecule has 1 heterocycles. The van der Waals surface area contributed by atoms with E-state index in [-0.39, 0.29) is 0 Å². The SMILES string of the molecule is COCCN1C=CC(C)N=C1. The number of aliphatic imine (C=N–C) groups is 1. The molecule has 1 rings (SSSR count). The Labute approximate surface area is 67.4 Å². The Morgan fingerprint density at radius 3 is 3.00 bits per heavy atom. The van der Waals surface area contributed by atoms with Crippen LogP contribution >= 0.6 is 0 Å². The summed E-state index contributed by atoms with van der Waals surface area (Å²) in [5, 5.41) is 0. The van der Waals surface area contributed by atoms with Crippen molar-refractivity contribution in [1.29, 1.82) is 0 Å². The van der Waals surface area contributed by atoms with Gasteiger partial charge < -0.3 is 9.64 Å². The Morgan fingerprint density at radius 2 is 2.45 bits per heavy atom. The zero-order chi connectivity index (χ0) is 8.10. The van der Waals surface area contributed by atoms with Crippen LogP contribution in [-0.4, -0.2) is 37.5 Å². The number of rotatable bonds is 3. The van der Waals surface area contributed by atoms with Crippen LogP contribution in [-0.2, 0) is 4.74 Å². The smallest absolute Gasteiger partial charge is 0.0897 e. The molecular weight excluding hydrogens is 140 g/mol. The van der Waals surface area contributed by atoms with Gasteiger partial charge in [-0.25, -0.2) is 0 Å². The van der Waals surface area contributed by atoms with E-state index in [1.807, 2.05) is 17.4 Å². The highest BCUT2D eigenvalue weighted by atomic mass is 16.5. The molecule has 1 atom stereocenters. The second-order valence-corrected chi connectivity index (χ2v) is 2.58. The molecule has 3 nitrogen and oxygen atoms in total. The molecule has 0 aromatic rings. The highest BCUT2D eigenvalue weighted by Gasteiger charge is 2.01. The zero-order valence-electron chi connectivity index (χ0n) is 7.03. The second-order valence-electron chi connectivity index (χ2n) is 2.58. The van der Waals surface area contributed by atoms with Gasteiger partial charge in [-0.1, -0.05) is 0 Å². The minimum absolute atomic E-state index is 0.328. The van der Waals surface area contributed by atoms with Crippen LogP contribution < -0.4 is 0 Å². The van der Waals surface area contributed by atoms with Crippen molar-refractivity contribution < 1.29 is 4.74 Å². The van der Waals surface area contributed by atoms with E-state index in [1.165, 1.54) is 0 Å². The van der Waals surface area contributed by atoms with Gasteiger partial charge in [0.25, 0.3) is 0 Å². The summed E-state index contributed by atoms with van der Waals surface area (Å²) in [5.41, 5.74) is 0. The minimum atomic E-state index is 0.328. The molecule has 3 heteroatoms. The number of nitrogens with zero attached hydrogens (tertiary/aromatic N) is 2. The average molecular weight is 154 g/mol. The number of methoxy groups -OCH3 is 1. The lowest BCUT2D eigenvalue weighted by Gasteiger charge is -2.18. The van der Waals surface area contributed by atoms with Crippen LogP contribution in [0.1, 0.15) is 6.92 Å². The quantitative estimate of drug-likeness (QED) is 0.602. The molecule has 1 aliphatic rings. The number of hydrogen-bond acceptors (Lipinski definition) is 3. The summed E-state index contributed by atoms with van der Waals surface area (Å²) in [5.74, 6) is 0. The average Bonchev–Trinajstić information content (AvgIpc) is 2.04. The largest absolute Gasteiger partial charge is 0.383 e. The van der Waals surface area contributed by atoms with E-state index in [0.717, 1.165) is 13.2 Å². The Balaban J connectivity index is 2.27. The third kappa shape index (κ3) is 2.72. The first-order valence-corrected chi connectivity index (χ1v) is 3.79. The lowest BCUT2D eigenvalue weighted by molar-refractivity contribution is 0.187. The molecule has 0 spiro atoms. The summed E-state index contributed by atoms with van der Waals surface area (Å²) in [6.07, 6.45) is 5.95. The molecule has 0 aromatic carbocycles. The summed E-state index contributed by atoms with van der Waals surface area (Å²) in [6.45, 7) is 3.68. The van der Waals surface area contributed by atoms with Gasteiger partial charge in [0, 0.05) is 19.9 Å². The van der Waals surface area contributed by atoms with Gasteiger partial charge in [0.15, 0.2) is 0 Å². The van der Waals surface area contributed by atoms with Gasteiger partial charge in [0.05, 0.1) is 19.0 Å². The van der Waals surface area contributed by atoms with E-state index < -0.39 is 0 Å². The van der Waals surface area contributed by atoms with Gasteiger partial charge in [-0.2, -0.15) is 0 Å². The standard InChI is InChI=1S/C8H14N2O/c1-8-3-4-10(7-9-8)5-6-11-2/h3-4,7-8H,5-6H2,1-2H3. The first-order valence-electron chi connectivity index (χ1n) is 3.79. The topological polar surface area (TPSA) is 24.8 Å². The minimum Gasteiger partial charge on any atom is -0.383 e. The van der Waals surface area contributed by atoms with Crippen molar-refractivity contribution in [3.05, 3.63) is 12.3 Å². The van der Waals surface area contributed by atoms with Crippen LogP contribution in [0.4, 0.5) is 0 Å². The van der Waals surface area contributed by atoms with Crippen LogP contribution in [0.3, 0.4) is 0 Å². The predicted molar refractivity (Wildman–Crippen MR) is 45.7 cm³/mol. The van der Waals surface area contributed by atoms with Crippen LogP contribution in [0.5, 0.6) is 0 Å². The highest BCUT2D eigenvalue weighted by molar-refractivity contribution is 5.58. The van der Waals surface area contributed by atoms with E-state index in [0.29, 0.717) is 6.04 Å². The molecule has 1 unspecified atom stereocenters. The molecule has 0 aliphatic carbocycles. The van der Waals surface area contributed by atoms with E-state index in [9.17, 15) is 0 Å². The monoisotopic (exact) mass is 154 g/mol. The van der Waals surface area contributed by atoms with Crippen molar-refractivity contribution in [3.8, 4) is 0 Å². The molecule has 0 aromatic heterocycles. The van der Waals surface area contributed by atoms with Gasteiger partial charge in [-0.15, -0.1) is 0 Å². The fraction of sp³-hybridized carbons (Fsp3) is 0.625.